The van der Waals surface area contributed by atoms with Crippen LogP contribution in [0.1, 0.15) is 31.2 Å². The predicted octanol–water partition coefficient (Wildman–Crippen LogP) is 2.36. The zero-order valence-corrected chi connectivity index (χ0v) is 11.9. The van der Waals surface area contributed by atoms with E-state index in [0.717, 1.165) is 44.0 Å². The maximum absolute atomic E-state index is 13.6. The van der Waals surface area contributed by atoms with Crippen molar-refractivity contribution in [3.8, 4) is 0 Å². The minimum absolute atomic E-state index is 0.0270. The van der Waals surface area contributed by atoms with E-state index in [1.807, 2.05) is 0 Å². The Balaban J connectivity index is 1.70. The first-order valence-electron chi connectivity index (χ1n) is 7.55. The molecular formula is C16H20F2N2O. The molecule has 2 N–H and O–H groups in total. The van der Waals surface area contributed by atoms with Gasteiger partial charge in [0, 0.05) is 18.7 Å². The van der Waals surface area contributed by atoms with E-state index in [1.54, 1.807) is 0 Å². The van der Waals surface area contributed by atoms with Gasteiger partial charge in [0.2, 0.25) is 5.91 Å². The second kappa shape index (κ2) is 5.72. The highest BCUT2D eigenvalue weighted by Gasteiger charge is 2.49. The molecule has 3 nitrogen and oxygen atoms in total. The van der Waals surface area contributed by atoms with Crippen molar-refractivity contribution in [2.75, 3.05) is 13.1 Å². The third kappa shape index (κ3) is 2.67. The summed E-state index contributed by atoms with van der Waals surface area (Å²) in [5.41, 5.74) is -0.166. The molecule has 1 aromatic carbocycles. The van der Waals surface area contributed by atoms with Crippen LogP contribution in [0.2, 0.25) is 0 Å². The Morgan fingerprint density at radius 2 is 2.24 bits per heavy atom. The van der Waals surface area contributed by atoms with Crippen molar-refractivity contribution in [1.82, 2.24) is 10.6 Å². The zero-order valence-electron chi connectivity index (χ0n) is 11.9. The summed E-state index contributed by atoms with van der Waals surface area (Å²) < 4.78 is 26.7. The molecule has 2 fully saturated rings. The molecule has 1 saturated carbocycles. The normalized spacial score (nSPS) is 28.2. The van der Waals surface area contributed by atoms with Gasteiger partial charge in [0.05, 0.1) is 5.41 Å². The molecule has 1 aliphatic carbocycles. The molecule has 0 unspecified atom stereocenters. The lowest BCUT2D eigenvalue weighted by Gasteiger charge is -2.37. The van der Waals surface area contributed by atoms with Gasteiger partial charge in [0.15, 0.2) is 0 Å². The van der Waals surface area contributed by atoms with Gasteiger partial charge in [0.25, 0.3) is 0 Å². The number of fused-ring (bicyclic) bond motifs is 1. The van der Waals surface area contributed by atoms with E-state index in [9.17, 15) is 13.6 Å². The summed E-state index contributed by atoms with van der Waals surface area (Å²) in [7, 11) is 0. The quantitative estimate of drug-likeness (QED) is 0.898. The Labute approximate surface area is 123 Å². The fraction of sp³-hybridized carbons (Fsp3) is 0.562. The van der Waals surface area contributed by atoms with Crippen molar-refractivity contribution >= 4 is 5.91 Å². The van der Waals surface area contributed by atoms with Crippen LogP contribution in [0.4, 0.5) is 8.78 Å². The van der Waals surface area contributed by atoms with Crippen molar-refractivity contribution in [1.29, 1.82) is 0 Å². The van der Waals surface area contributed by atoms with Gasteiger partial charge in [-0.2, -0.15) is 0 Å². The van der Waals surface area contributed by atoms with Gasteiger partial charge < -0.3 is 10.6 Å². The van der Waals surface area contributed by atoms with Gasteiger partial charge in [-0.15, -0.1) is 0 Å². The summed E-state index contributed by atoms with van der Waals surface area (Å²) in [6, 6.07) is 3.31. The van der Waals surface area contributed by atoms with Crippen molar-refractivity contribution < 1.29 is 13.6 Å². The third-order valence-corrected chi connectivity index (χ3v) is 4.94. The summed E-state index contributed by atoms with van der Waals surface area (Å²) >= 11 is 0. The highest BCUT2D eigenvalue weighted by molar-refractivity contribution is 5.83. The molecule has 0 spiro atoms. The van der Waals surface area contributed by atoms with E-state index < -0.39 is 11.6 Å². The highest BCUT2D eigenvalue weighted by Crippen LogP contribution is 2.43. The molecule has 1 heterocycles. The van der Waals surface area contributed by atoms with Gasteiger partial charge >= 0.3 is 0 Å². The highest BCUT2D eigenvalue weighted by atomic mass is 19.1. The molecule has 1 saturated heterocycles. The Bertz CT molecular complexity index is 549. The van der Waals surface area contributed by atoms with Crippen LogP contribution >= 0.6 is 0 Å². The molecule has 2 aliphatic rings. The molecule has 21 heavy (non-hydrogen) atoms. The molecule has 2 atom stereocenters. The lowest BCUT2D eigenvalue weighted by molar-refractivity contribution is -0.134. The summed E-state index contributed by atoms with van der Waals surface area (Å²) in [5.74, 6) is -0.639. The maximum Gasteiger partial charge on any atom is 0.228 e. The molecule has 0 bridgehead atoms. The molecule has 0 radical (unpaired) electrons. The van der Waals surface area contributed by atoms with E-state index in [-0.39, 0.29) is 23.4 Å². The van der Waals surface area contributed by atoms with Crippen LogP contribution in [0.25, 0.3) is 0 Å². The maximum atomic E-state index is 13.6. The SMILES string of the molecule is O=C(NCc1cc(F)ccc1F)[C@@]12CCCC[C@H]1CNC2. The number of hydrogen-bond acceptors (Lipinski definition) is 2. The van der Waals surface area contributed by atoms with Crippen LogP contribution in [0, 0.1) is 23.0 Å². The minimum atomic E-state index is -0.489. The number of benzene rings is 1. The Morgan fingerprint density at radius 1 is 1.38 bits per heavy atom. The molecule has 3 rings (SSSR count). The Kier molecular flexibility index (Phi) is 3.93. The van der Waals surface area contributed by atoms with Crippen LogP contribution in [-0.4, -0.2) is 19.0 Å². The first-order chi connectivity index (χ1) is 10.1. The molecular weight excluding hydrogens is 274 g/mol. The van der Waals surface area contributed by atoms with Gasteiger partial charge in [-0.1, -0.05) is 12.8 Å². The number of rotatable bonds is 3. The molecule has 0 aromatic heterocycles. The number of amides is 1. The lowest BCUT2D eigenvalue weighted by atomic mass is 9.67. The van der Waals surface area contributed by atoms with Gasteiger partial charge in [-0.05, 0) is 43.5 Å². The fourth-order valence-electron chi connectivity index (χ4n) is 3.72. The van der Waals surface area contributed by atoms with Crippen molar-refractivity contribution in [2.45, 2.75) is 32.2 Å². The van der Waals surface area contributed by atoms with Gasteiger partial charge in [-0.3, -0.25) is 4.79 Å². The third-order valence-electron chi connectivity index (χ3n) is 4.94. The van der Waals surface area contributed by atoms with E-state index in [4.69, 9.17) is 0 Å². The van der Waals surface area contributed by atoms with E-state index in [2.05, 4.69) is 10.6 Å². The van der Waals surface area contributed by atoms with Crippen molar-refractivity contribution in [3.63, 3.8) is 0 Å². The van der Waals surface area contributed by atoms with Crippen LogP contribution in [0.5, 0.6) is 0 Å². The number of halogens is 2. The first kappa shape index (κ1) is 14.4. The van der Waals surface area contributed by atoms with Crippen LogP contribution in [-0.2, 0) is 11.3 Å². The van der Waals surface area contributed by atoms with Gasteiger partial charge in [0.1, 0.15) is 11.6 Å². The zero-order chi connectivity index (χ0) is 14.9. The van der Waals surface area contributed by atoms with E-state index >= 15 is 0 Å². The largest absolute Gasteiger partial charge is 0.351 e. The van der Waals surface area contributed by atoms with Crippen molar-refractivity contribution in [3.05, 3.63) is 35.4 Å². The number of carbonyl (C=O) groups is 1. The second-order valence-electron chi connectivity index (χ2n) is 6.15. The second-order valence-corrected chi connectivity index (χ2v) is 6.15. The minimum Gasteiger partial charge on any atom is -0.351 e. The number of carbonyl (C=O) groups excluding carboxylic acids is 1. The molecule has 1 aromatic rings. The van der Waals surface area contributed by atoms with E-state index in [0.29, 0.717) is 12.5 Å². The molecule has 114 valence electrons. The average molecular weight is 294 g/mol. The predicted molar refractivity (Wildman–Crippen MR) is 75.5 cm³/mol. The molecule has 1 aliphatic heterocycles. The van der Waals surface area contributed by atoms with Crippen LogP contribution in [0.15, 0.2) is 18.2 Å². The number of hydrogen-bond donors (Lipinski definition) is 2. The standard InChI is InChI=1S/C16H20F2N2O/c17-13-4-5-14(18)11(7-13)8-20-15(21)16-6-2-1-3-12(16)9-19-10-16/h4-5,7,12,19H,1-3,6,8-10H2,(H,20,21)/t12-,16+/m0/s1. The van der Waals surface area contributed by atoms with Crippen LogP contribution in [0.3, 0.4) is 0 Å². The van der Waals surface area contributed by atoms with Crippen LogP contribution < -0.4 is 10.6 Å². The Hall–Kier alpha value is -1.49. The molecule has 1 amide bonds. The smallest absolute Gasteiger partial charge is 0.228 e. The molecule has 5 heteroatoms. The summed E-state index contributed by atoms with van der Waals surface area (Å²) in [6.07, 6.45) is 4.16. The van der Waals surface area contributed by atoms with Crippen molar-refractivity contribution in [2.24, 2.45) is 11.3 Å². The summed E-state index contributed by atoms with van der Waals surface area (Å²) in [4.78, 5) is 12.6. The average Bonchev–Trinajstić information content (AvgIpc) is 2.93. The number of nitrogens with one attached hydrogen (secondary N) is 2. The lowest BCUT2D eigenvalue weighted by Crippen LogP contribution is -2.47. The summed E-state index contributed by atoms with van der Waals surface area (Å²) in [6.45, 7) is 1.60. The first-order valence-corrected chi connectivity index (χ1v) is 7.55. The van der Waals surface area contributed by atoms with Gasteiger partial charge in [-0.25, -0.2) is 8.78 Å². The van der Waals surface area contributed by atoms with E-state index in [1.165, 1.54) is 6.42 Å². The monoisotopic (exact) mass is 294 g/mol. The topological polar surface area (TPSA) is 41.1 Å². The summed E-state index contributed by atoms with van der Waals surface area (Å²) in [5, 5.41) is 6.12. The fourth-order valence-corrected chi connectivity index (χ4v) is 3.72. The Morgan fingerprint density at radius 3 is 3.10 bits per heavy atom.